The van der Waals surface area contributed by atoms with Crippen LogP contribution < -0.4 is 10.1 Å². The molecular formula is C14H18ClN3O2S. The molecule has 0 bridgehead atoms. The first-order valence-electron chi connectivity index (χ1n) is 6.63. The van der Waals surface area contributed by atoms with Crippen LogP contribution >= 0.6 is 24.2 Å². The van der Waals surface area contributed by atoms with Crippen LogP contribution in [0.15, 0.2) is 28.8 Å². The van der Waals surface area contributed by atoms with Crippen molar-refractivity contribution in [3.05, 3.63) is 30.2 Å². The van der Waals surface area contributed by atoms with E-state index in [1.165, 1.54) is 5.75 Å². The van der Waals surface area contributed by atoms with Crippen LogP contribution in [0.2, 0.25) is 0 Å². The van der Waals surface area contributed by atoms with Crippen LogP contribution in [0.5, 0.6) is 5.75 Å². The summed E-state index contributed by atoms with van der Waals surface area (Å²) in [7, 11) is 1.65. The third kappa shape index (κ3) is 4.12. The Labute approximate surface area is 134 Å². The fraction of sp³-hybridized carbons (Fsp3) is 0.429. The number of hydrogen-bond acceptors (Lipinski definition) is 6. The average Bonchev–Trinajstić information content (AvgIpc) is 2.97. The van der Waals surface area contributed by atoms with Crippen molar-refractivity contribution in [2.45, 2.75) is 12.5 Å². The van der Waals surface area contributed by atoms with Gasteiger partial charge in [-0.3, -0.25) is 0 Å². The normalized spacial score (nSPS) is 18.0. The average molecular weight is 328 g/mol. The van der Waals surface area contributed by atoms with Gasteiger partial charge in [0.1, 0.15) is 5.75 Å². The molecule has 21 heavy (non-hydrogen) atoms. The topological polar surface area (TPSA) is 60.2 Å². The van der Waals surface area contributed by atoms with Gasteiger partial charge in [-0.15, -0.1) is 12.4 Å². The number of ether oxygens (including phenoxy) is 1. The summed E-state index contributed by atoms with van der Waals surface area (Å²) in [5.74, 6) is 4.36. The van der Waals surface area contributed by atoms with E-state index < -0.39 is 0 Å². The van der Waals surface area contributed by atoms with Gasteiger partial charge in [0.15, 0.2) is 0 Å². The smallest absolute Gasteiger partial charge is 0.228 e. The zero-order valence-electron chi connectivity index (χ0n) is 11.7. The number of nitrogens with zero attached hydrogens (tertiary/aromatic N) is 2. The number of thioether (sulfide) groups is 1. The summed E-state index contributed by atoms with van der Waals surface area (Å²) < 4.78 is 10.5. The standard InChI is InChI=1S/C14H17N3O2S.ClH/c1-18-12-4-2-3-10(7-12)14-16-13(19-17-14)8-11-9-20-6-5-15-11;/h2-4,7,11,15H,5-6,8-9H2,1H3;1H. The number of aromatic nitrogens is 2. The molecule has 0 aliphatic carbocycles. The van der Waals surface area contributed by atoms with Crippen LogP contribution in [-0.4, -0.2) is 41.3 Å². The van der Waals surface area contributed by atoms with E-state index in [0.717, 1.165) is 30.0 Å². The van der Waals surface area contributed by atoms with Gasteiger partial charge in [0, 0.05) is 36.1 Å². The zero-order chi connectivity index (χ0) is 13.8. The molecule has 0 saturated carbocycles. The molecule has 2 heterocycles. The summed E-state index contributed by atoms with van der Waals surface area (Å²) in [6.45, 7) is 1.05. The summed E-state index contributed by atoms with van der Waals surface area (Å²) in [6.07, 6.45) is 0.782. The Kier molecular flexibility index (Phi) is 5.90. The number of benzene rings is 1. The minimum atomic E-state index is 0. The number of methoxy groups -OCH3 is 1. The molecule has 1 aromatic carbocycles. The third-order valence-electron chi connectivity index (χ3n) is 3.22. The summed E-state index contributed by atoms with van der Waals surface area (Å²) in [5.41, 5.74) is 0.908. The lowest BCUT2D eigenvalue weighted by atomic mass is 10.2. The van der Waals surface area contributed by atoms with E-state index in [-0.39, 0.29) is 12.4 Å². The highest BCUT2D eigenvalue weighted by Gasteiger charge is 2.17. The predicted molar refractivity (Wildman–Crippen MR) is 86.4 cm³/mol. The molecule has 0 amide bonds. The summed E-state index contributed by atoms with van der Waals surface area (Å²) in [4.78, 5) is 4.47. The summed E-state index contributed by atoms with van der Waals surface area (Å²) in [6, 6.07) is 8.10. The first-order valence-corrected chi connectivity index (χ1v) is 7.79. The number of rotatable bonds is 4. The molecule has 1 aliphatic rings. The molecule has 1 atom stereocenters. The first-order chi connectivity index (χ1) is 9.85. The lowest BCUT2D eigenvalue weighted by Crippen LogP contribution is -2.38. The van der Waals surface area contributed by atoms with Crippen LogP contribution in [-0.2, 0) is 6.42 Å². The molecule has 1 fully saturated rings. The van der Waals surface area contributed by atoms with Crippen LogP contribution in [0.1, 0.15) is 5.89 Å². The van der Waals surface area contributed by atoms with Crippen molar-refractivity contribution in [3.8, 4) is 17.1 Å². The van der Waals surface area contributed by atoms with Gasteiger partial charge in [-0.05, 0) is 12.1 Å². The van der Waals surface area contributed by atoms with Crippen molar-refractivity contribution in [2.24, 2.45) is 0 Å². The molecular weight excluding hydrogens is 310 g/mol. The van der Waals surface area contributed by atoms with E-state index in [4.69, 9.17) is 9.26 Å². The lowest BCUT2D eigenvalue weighted by Gasteiger charge is -2.21. The molecule has 0 radical (unpaired) electrons. The number of nitrogens with one attached hydrogen (secondary N) is 1. The maximum Gasteiger partial charge on any atom is 0.228 e. The van der Waals surface area contributed by atoms with E-state index in [0.29, 0.717) is 17.8 Å². The van der Waals surface area contributed by atoms with Crippen molar-refractivity contribution >= 4 is 24.2 Å². The molecule has 1 saturated heterocycles. The van der Waals surface area contributed by atoms with Crippen LogP contribution in [0.4, 0.5) is 0 Å². The molecule has 3 rings (SSSR count). The minimum Gasteiger partial charge on any atom is -0.497 e. The van der Waals surface area contributed by atoms with E-state index in [1.54, 1.807) is 7.11 Å². The van der Waals surface area contributed by atoms with Crippen molar-refractivity contribution < 1.29 is 9.26 Å². The monoisotopic (exact) mass is 327 g/mol. The Morgan fingerprint density at radius 1 is 1.48 bits per heavy atom. The number of halogens is 1. The van der Waals surface area contributed by atoms with Crippen molar-refractivity contribution in [1.29, 1.82) is 0 Å². The molecule has 5 nitrogen and oxygen atoms in total. The first kappa shape index (κ1) is 16.1. The fourth-order valence-electron chi connectivity index (χ4n) is 2.18. The van der Waals surface area contributed by atoms with Crippen molar-refractivity contribution in [1.82, 2.24) is 15.5 Å². The maximum absolute atomic E-state index is 5.34. The molecule has 1 aromatic heterocycles. The lowest BCUT2D eigenvalue weighted by molar-refractivity contribution is 0.363. The minimum absolute atomic E-state index is 0. The van der Waals surface area contributed by atoms with Gasteiger partial charge in [0.2, 0.25) is 11.7 Å². The van der Waals surface area contributed by atoms with Gasteiger partial charge in [0.05, 0.1) is 7.11 Å². The van der Waals surface area contributed by atoms with Gasteiger partial charge in [-0.2, -0.15) is 16.7 Å². The van der Waals surface area contributed by atoms with Gasteiger partial charge in [-0.1, -0.05) is 17.3 Å². The predicted octanol–water partition coefficient (Wildman–Crippen LogP) is 2.41. The highest BCUT2D eigenvalue weighted by molar-refractivity contribution is 7.99. The molecule has 1 N–H and O–H groups in total. The van der Waals surface area contributed by atoms with E-state index >= 15 is 0 Å². The van der Waals surface area contributed by atoms with Crippen LogP contribution in [0.25, 0.3) is 11.4 Å². The van der Waals surface area contributed by atoms with E-state index in [9.17, 15) is 0 Å². The Morgan fingerprint density at radius 2 is 2.38 bits per heavy atom. The summed E-state index contributed by atoms with van der Waals surface area (Å²) in [5, 5.41) is 7.52. The highest BCUT2D eigenvalue weighted by Crippen LogP contribution is 2.21. The van der Waals surface area contributed by atoms with E-state index in [1.807, 2.05) is 36.0 Å². The van der Waals surface area contributed by atoms with Gasteiger partial charge in [-0.25, -0.2) is 0 Å². The van der Waals surface area contributed by atoms with Crippen LogP contribution in [0, 0.1) is 0 Å². The Hall–Kier alpha value is -1.24. The molecule has 1 unspecified atom stereocenters. The molecule has 0 spiro atoms. The quantitative estimate of drug-likeness (QED) is 0.930. The van der Waals surface area contributed by atoms with Gasteiger partial charge in [0.25, 0.3) is 0 Å². The Balaban J connectivity index is 0.00000161. The van der Waals surface area contributed by atoms with E-state index in [2.05, 4.69) is 15.5 Å². The zero-order valence-corrected chi connectivity index (χ0v) is 13.4. The van der Waals surface area contributed by atoms with Gasteiger partial charge >= 0.3 is 0 Å². The molecule has 7 heteroatoms. The van der Waals surface area contributed by atoms with Gasteiger partial charge < -0.3 is 14.6 Å². The second-order valence-corrected chi connectivity index (χ2v) is 5.82. The SMILES string of the molecule is COc1cccc(-c2noc(CC3CSCCN3)n2)c1.Cl. The van der Waals surface area contributed by atoms with Crippen molar-refractivity contribution in [3.63, 3.8) is 0 Å². The molecule has 114 valence electrons. The number of hydrogen-bond donors (Lipinski definition) is 1. The summed E-state index contributed by atoms with van der Waals surface area (Å²) >= 11 is 1.96. The largest absolute Gasteiger partial charge is 0.497 e. The molecule has 1 aliphatic heterocycles. The third-order valence-corrected chi connectivity index (χ3v) is 4.35. The second kappa shape index (κ2) is 7.68. The van der Waals surface area contributed by atoms with Crippen molar-refractivity contribution in [2.75, 3.05) is 25.2 Å². The fourth-order valence-corrected chi connectivity index (χ4v) is 3.13. The molecule has 2 aromatic rings. The Morgan fingerprint density at radius 3 is 3.14 bits per heavy atom. The second-order valence-electron chi connectivity index (χ2n) is 4.67. The highest BCUT2D eigenvalue weighted by atomic mass is 35.5. The van der Waals surface area contributed by atoms with Crippen LogP contribution in [0.3, 0.4) is 0 Å². The Bertz CT molecular complexity index is 573. The maximum atomic E-state index is 5.34.